The van der Waals surface area contributed by atoms with Crippen LogP contribution < -0.4 is 5.73 Å². The Morgan fingerprint density at radius 1 is 1.43 bits per heavy atom. The van der Waals surface area contributed by atoms with E-state index in [2.05, 4.69) is 6.58 Å². The first-order valence-electron chi connectivity index (χ1n) is 4.02. The Morgan fingerprint density at radius 3 is 2.57 bits per heavy atom. The van der Waals surface area contributed by atoms with Gasteiger partial charge in [-0.3, -0.25) is 4.79 Å². The van der Waals surface area contributed by atoms with E-state index in [9.17, 15) is 15.0 Å². The molecule has 0 heterocycles. The van der Waals surface area contributed by atoms with Crippen LogP contribution in [0.25, 0.3) is 0 Å². The third-order valence-corrected chi connectivity index (χ3v) is 1.86. The molecule has 0 saturated carbocycles. The molecule has 1 aromatic carbocycles. The highest BCUT2D eigenvalue weighted by atomic mass is 16.3. The molecule has 4 nitrogen and oxygen atoms in total. The summed E-state index contributed by atoms with van der Waals surface area (Å²) < 4.78 is 0. The number of aromatic hydroxyl groups is 2. The van der Waals surface area contributed by atoms with Crippen molar-refractivity contribution >= 4 is 5.91 Å². The fourth-order valence-electron chi connectivity index (χ4n) is 1.14. The van der Waals surface area contributed by atoms with E-state index in [4.69, 9.17) is 5.73 Å². The van der Waals surface area contributed by atoms with E-state index in [0.29, 0.717) is 12.0 Å². The molecule has 0 fully saturated rings. The van der Waals surface area contributed by atoms with Gasteiger partial charge in [0.2, 0.25) is 0 Å². The number of phenols is 2. The molecule has 0 aromatic heterocycles. The number of rotatable bonds is 3. The highest BCUT2D eigenvalue weighted by Crippen LogP contribution is 2.32. The normalized spacial score (nSPS) is 9.71. The summed E-state index contributed by atoms with van der Waals surface area (Å²) in [4.78, 5) is 10.8. The van der Waals surface area contributed by atoms with Gasteiger partial charge in [0.05, 0.1) is 5.56 Å². The van der Waals surface area contributed by atoms with E-state index >= 15 is 0 Å². The van der Waals surface area contributed by atoms with Gasteiger partial charge in [-0.15, -0.1) is 6.58 Å². The minimum Gasteiger partial charge on any atom is -0.504 e. The van der Waals surface area contributed by atoms with Gasteiger partial charge < -0.3 is 15.9 Å². The Bertz CT molecular complexity index is 385. The number of benzene rings is 1. The molecule has 74 valence electrons. The molecule has 1 rings (SSSR count). The molecule has 1 aromatic rings. The SMILES string of the molecule is C=CCc1ccc(C(N)=O)c(O)c1O. The molecule has 0 aliphatic heterocycles. The van der Waals surface area contributed by atoms with Crippen molar-refractivity contribution < 1.29 is 15.0 Å². The van der Waals surface area contributed by atoms with Gasteiger partial charge in [-0.05, 0) is 12.5 Å². The lowest BCUT2D eigenvalue weighted by Crippen LogP contribution is -2.11. The zero-order valence-electron chi connectivity index (χ0n) is 7.53. The molecular weight excluding hydrogens is 182 g/mol. The van der Waals surface area contributed by atoms with Gasteiger partial charge in [0.25, 0.3) is 5.91 Å². The number of allylic oxidation sites excluding steroid dienone is 1. The summed E-state index contributed by atoms with van der Waals surface area (Å²) in [6, 6.07) is 2.90. The lowest BCUT2D eigenvalue weighted by Gasteiger charge is -2.06. The topological polar surface area (TPSA) is 83.6 Å². The molecule has 0 saturated heterocycles. The Labute approximate surface area is 81.3 Å². The Morgan fingerprint density at radius 2 is 2.07 bits per heavy atom. The maximum Gasteiger partial charge on any atom is 0.252 e. The first kappa shape index (κ1) is 10.1. The van der Waals surface area contributed by atoms with Crippen molar-refractivity contribution in [1.82, 2.24) is 0 Å². The van der Waals surface area contributed by atoms with E-state index in [-0.39, 0.29) is 11.3 Å². The standard InChI is InChI=1S/C10H11NO3/c1-2-3-6-4-5-7(10(11)14)9(13)8(6)12/h2,4-5,12-13H,1,3H2,(H2,11,14). The van der Waals surface area contributed by atoms with Crippen LogP contribution in [0.3, 0.4) is 0 Å². The maximum atomic E-state index is 10.8. The second-order valence-electron chi connectivity index (χ2n) is 2.83. The van der Waals surface area contributed by atoms with Gasteiger partial charge in [-0.2, -0.15) is 0 Å². The van der Waals surface area contributed by atoms with Crippen molar-refractivity contribution in [2.75, 3.05) is 0 Å². The molecule has 1 amide bonds. The van der Waals surface area contributed by atoms with Crippen molar-refractivity contribution in [3.63, 3.8) is 0 Å². The van der Waals surface area contributed by atoms with E-state index in [1.165, 1.54) is 12.1 Å². The number of hydrogen-bond donors (Lipinski definition) is 3. The second kappa shape index (κ2) is 3.83. The van der Waals surface area contributed by atoms with Crippen LogP contribution in [0.4, 0.5) is 0 Å². The average Bonchev–Trinajstić information content (AvgIpc) is 2.13. The van der Waals surface area contributed by atoms with Crippen LogP contribution in [0.5, 0.6) is 11.5 Å². The Kier molecular flexibility index (Phi) is 2.76. The smallest absolute Gasteiger partial charge is 0.252 e. The van der Waals surface area contributed by atoms with Crippen molar-refractivity contribution in [2.45, 2.75) is 6.42 Å². The quantitative estimate of drug-likeness (QED) is 0.493. The molecule has 14 heavy (non-hydrogen) atoms. The van der Waals surface area contributed by atoms with Crippen LogP contribution in [0.1, 0.15) is 15.9 Å². The number of carbonyl (C=O) groups is 1. The monoisotopic (exact) mass is 193 g/mol. The van der Waals surface area contributed by atoms with Crippen LogP contribution in [-0.2, 0) is 6.42 Å². The molecule has 0 radical (unpaired) electrons. The molecule has 0 atom stereocenters. The van der Waals surface area contributed by atoms with Crippen molar-refractivity contribution in [2.24, 2.45) is 5.73 Å². The maximum absolute atomic E-state index is 10.8. The van der Waals surface area contributed by atoms with Gasteiger partial charge >= 0.3 is 0 Å². The van der Waals surface area contributed by atoms with Gasteiger partial charge in [0.15, 0.2) is 11.5 Å². The van der Waals surface area contributed by atoms with Gasteiger partial charge in [-0.1, -0.05) is 12.1 Å². The first-order chi connectivity index (χ1) is 6.57. The fraction of sp³-hybridized carbons (Fsp3) is 0.100. The van der Waals surface area contributed by atoms with Crippen LogP contribution >= 0.6 is 0 Å². The van der Waals surface area contributed by atoms with Gasteiger partial charge in [0.1, 0.15) is 0 Å². The molecule has 0 unspecified atom stereocenters. The molecule has 0 aliphatic carbocycles. The Balaban J connectivity index is 3.25. The summed E-state index contributed by atoms with van der Waals surface area (Å²) in [5.41, 5.74) is 5.39. The zero-order chi connectivity index (χ0) is 10.7. The molecule has 4 heteroatoms. The van der Waals surface area contributed by atoms with Crippen LogP contribution in [0.15, 0.2) is 24.8 Å². The van der Waals surface area contributed by atoms with E-state index in [1.54, 1.807) is 6.08 Å². The van der Waals surface area contributed by atoms with Crippen molar-refractivity contribution in [3.8, 4) is 11.5 Å². The van der Waals surface area contributed by atoms with Crippen LogP contribution in [-0.4, -0.2) is 16.1 Å². The van der Waals surface area contributed by atoms with E-state index < -0.39 is 11.7 Å². The lowest BCUT2D eigenvalue weighted by atomic mass is 10.1. The summed E-state index contributed by atoms with van der Waals surface area (Å²) in [6.07, 6.45) is 2.00. The fourth-order valence-corrected chi connectivity index (χ4v) is 1.14. The molecule has 4 N–H and O–H groups in total. The molecule has 0 bridgehead atoms. The summed E-state index contributed by atoms with van der Waals surface area (Å²) in [5, 5.41) is 18.8. The molecule has 0 aliphatic rings. The predicted octanol–water partition coefficient (Wildman–Crippen LogP) is 0.925. The molecule has 0 spiro atoms. The highest BCUT2D eigenvalue weighted by Gasteiger charge is 2.13. The zero-order valence-corrected chi connectivity index (χ0v) is 7.53. The molecular formula is C10H11NO3. The van der Waals surface area contributed by atoms with E-state index in [0.717, 1.165) is 0 Å². The van der Waals surface area contributed by atoms with Crippen molar-refractivity contribution in [1.29, 1.82) is 0 Å². The number of carbonyl (C=O) groups excluding carboxylic acids is 1. The average molecular weight is 193 g/mol. The number of nitrogens with two attached hydrogens (primary N) is 1. The number of amides is 1. The third-order valence-electron chi connectivity index (χ3n) is 1.86. The summed E-state index contributed by atoms with van der Waals surface area (Å²) in [6.45, 7) is 3.50. The highest BCUT2D eigenvalue weighted by molar-refractivity contribution is 5.96. The second-order valence-corrected chi connectivity index (χ2v) is 2.83. The summed E-state index contributed by atoms with van der Waals surface area (Å²) in [7, 11) is 0. The van der Waals surface area contributed by atoms with Crippen LogP contribution in [0.2, 0.25) is 0 Å². The van der Waals surface area contributed by atoms with E-state index in [1.807, 2.05) is 0 Å². The largest absolute Gasteiger partial charge is 0.504 e. The number of hydrogen-bond acceptors (Lipinski definition) is 3. The third kappa shape index (κ3) is 1.69. The summed E-state index contributed by atoms with van der Waals surface area (Å²) in [5.74, 6) is -1.57. The van der Waals surface area contributed by atoms with Gasteiger partial charge in [0, 0.05) is 5.56 Å². The number of phenolic OH excluding ortho intramolecular Hbond substituents is 1. The minimum atomic E-state index is -0.775. The predicted molar refractivity (Wildman–Crippen MR) is 52.2 cm³/mol. The minimum absolute atomic E-state index is 0.0877. The van der Waals surface area contributed by atoms with Gasteiger partial charge in [-0.25, -0.2) is 0 Å². The van der Waals surface area contributed by atoms with Crippen LogP contribution in [0, 0.1) is 0 Å². The van der Waals surface area contributed by atoms with Crippen molar-refractivity contribution in [3.05, 3.63) is 35.9 Å². The summed E-state index contributed by atoms with van der Waals surface area (Å²) >= 11 is 0. The lowest BCUT2D eigenvalue weighted by molar-refractivity contribution is 0.0997. The number of primary amides is 1. The first-order valence-corrected chi connectivity index (χ1v) is 4.02. The Hall–Kier alpha value is -1.97.